The van der Waals surface area contributed by atoms with Crippen LogP contribution in [0.2, 0.25) is 0 Å². The Hall–Kier alpha value is -5.42. The van der Waals surface area contributed by atoms with E-state index in [9.17, 15) is 0 Å². The minimum Gasteiger partial charge on any atom is -0.486 e. The van der Waals surface area contributed by atoms with E-state index in [4.69, 9.17) is 9.47 Å². The molecule has 3 heterocycles. The van der Waals surface area contributed by atoms with Gasteiger partial charge in [0.1, 0.15) is 13.2 Å². The lowest BCUT2D eigenvalue weighted by Crippen LogP contribution is -2.61. The fraction of sp³-hybridized carbons (Fsp3) is 0.217. The third-order valence-corrected chi connectivity index (χ3v) is 10.7. The van der Waals surface area contributed by atoms with Crippen LogP contribution in [0.3, 0.4) is 0 Å². The molecule has 0 fully saturated rings. The molecule has 9 rings (SSSR count). The molecule has 51 heavy (non-hydrogen) atoms. The normalized spacial score (nSPS) is 14.5. The Morgan fingerprint density at radius 1 is 0.510 bits per heavy atom. The van der Waals surface area contributed by atoms with Gasteiger partial charge < -0.3 is 19.3 Å². The van der Waals surface area contributed by atoms with Crippen molar-refractivity contribution < 1.29 is 9.47 Å². The highest BCUT2D eigenvalue weighted by molar-refractivity contribution is 7.00. The topological polar surface area (TPSA) is 24.9 Å². The minimum absolute atomic E-state index is 0.0190. The molecule has 5 heteroatoms. The van der Waals surface area contributed by atoms with Gasteiger partial charge in [-0.2, -0.15) is 0 Å². The van der Waals surface area contributed by atoms with Crippen molar-refractivity contribution in [2.24, 2.45) is 0 Å². The summed E-state index contributed by atoms with van der Waals surface area (Å²) >= 11 is 0. The van der Waals surface area contributed by atoms with Gasteiger partial charge in [-0.1, -0.05) is 120 Å². The molecule has 0 unspecified atom stereocenters. The predicted molar refractivity (Wildman–Crippen MR) is 214 cm³/mol. The highest BCUT2D eigenvalue weighted by atomic mass is 16.6. The number of para-hydroxylation sites is 1. The molecule has 0 bridgehead atoms. The number of benzene rings is 6. The van der Waals surface area contributed by atoms with E-state index in [0.29, 0.717) is 13.2 Å². The van der Waals surface area contributed by atoms with E-state index in [1.54, 1.807) is 0 Å². The highest BCUT2D eigenvalue weighted by Gasteiger charge is 2.46. The first-order chi connectivity index (χ1) is 24.6. The summed E-state index contributed by atoms with van der Waals surface area (Å²) in [4.78, 5) is 4.92. The van der Waals surface area contributed by atoms with Crippen LogP contribution in [0.25, 0.3) is 11.1 Å². The largest absolute Gasteiger partial charge is 0.486 e. The zero-order chi connectivity index (χ0) is 35.1. The van der Waals surface area contributed by atoms with Crippen molar-refractivity contribution in [3.05, 3.63) is 139 Å². The van der Waals surface area contributed by atoms with Crippen molar-refractivity contribution in [2.45, 2.75) is 52.4 Å². The number of hydrogen-bond donors (Lipinski definition) is 0. The molecule has 0 aromatic heterocycles. The minimum atomic E-state index is -0.0204. The van der Waals surface area contributed by atoms with E-state index in [0.717, 1.165) is 34.2 Å². The third-order valence-electron chi connectivity index (χ3n) is 10.7. The van der Waals surface area contributed by atoms with E-state index >= 15 is 0 Å². The fourth-order valence-corrected chi connectivity index (χ4v) is 8.08. The smallest absolute Gasteiger partial charge is 0.252 e. The lowest BCUT2D eigenvalue weighted by Gasteiger charge is -2.45. The maximum atomic E-state index is 6.56. The molecular formula is C46H43BN2O2. The Kier molecular flexibility index (Phi) is 7.15. The van der Waals surface area contributed by atoms with Crippen LogP contribution in [0, 0.1) is 0 Å². The van der Waals surface area contributed by atoms with Crippen molar-refractivity contribution in [3.8, 4) is 22.6 Å². The van der Waals surface area contributed by atoms with Crippen molar-refractivity contribution in [1.29, 1.82) is 0 Å². The molecular weight excluding hydrogens is 623 g/mol. The number of anilines is 6. The maximum absolute atomic E-state index is 6.56. The molecule has 4 nitrogen and oxygen atoms in total. The van der Waals surface area contributed by atoms with Gasteiger partial charge in [0.25, 0.3) is 6.71 Å². The first-order valence-corrected chi connectivity index (χ1v) is 18.1. The molecule has 0 spiro atoms. The molecule has 6 aromatic rings. The van der Waals surface area contributed by atoms with Gasteiger partial charge in [0.05, 0.1) is 5.69 Å². The molecule has 0 radical (unpaired) electrons. The van der Waals surface area contributed by atoms with Gasteiger partial charge in [-0.3, -0.25) is 0 Å². The van der Waals surface area contributed by atoms with Crippen LogP contribution in [-0.2, 0) is 10.8 Å². The lowest BCUT2D eigenvalue weighted by molar-refractivity contribution is 0.172. The molecule has 6 aromatic carbocycles. The fourth-order valence-electron chi connectivity index (χ4n) is 8.08. The van der Waals surface area contributed by atoms with E-state index in [1.165, 1.54) is 50.0 Å². The van der Waals surface area contributed by atoms with Crippen LogP contribution in [0.5, 0.6) is 11.5 Å². The van der Waals surface area contributed by atoms with Crippen LogP contribution in [0.15, 0.2) is 127 Å². The molecule has 0 atom stereocenters. The summed E-state index contributed by atoms with van der Waals surface area (Å²) < 4.78 is 12.8. The summed E-state index contributed by atoms with van der Waals surface area (Å²) in [6, 6.07) is 47.0. The second-order valence-corrected chi connectivity index (χ2v) is 16.1. The van der Waals surface area contributed by atoms with Crippen molar-refractivity contribution in [2.75, 3.05) is 23.0 Å². The number of rotatable bonds is 3. The molecule has 0 N–H and O–H groups in total. The van der Waals surface area contributed by atoms with Gasteiger partial charge >= 0.3 is 0 Å². The second kappa shape index (κ2) is 11.6. The van der Waals surface area contributed by atoms with Crippen LogP contribution >= 0.6 is 0 Å². The zero-order valence-electron chi connectivity index (χ0n) is 30.3. The van der Waals surface area contributed by atoms with E-state index in [-0.39, 0.29) is 17.5 Å². The second-order valence-electron chi connectivity index (χ2n) is 16.1. The first kappa shape index (κ1) is 31.6. The van der Waals surface area contributed by atoms with Crippen molar-refractivity contribution in [3.63, 3.8) is 0 Å². The summed E-state index contributed by atoms with van der Waals surface area (Å²) in [6.07, 6.45) is 0. The first-order valence-electron chi connectivity index (χ1n) is 18.1. The monoisotopic (exact) mass is 666 g/mol. The number of nitrogens with zero attached hydrogens (tertiary/aromatic N) is 2. The van der Waals surface area contributed by atoms with Crippen LogP contribution in [-0.4, -0.2) is 19.9 Å². The van der Waals surface area contributed by atoms with Gasteiger partial charge in [-0.25, -0.2) is 0 Å². The van der Waals surface area contributed by atoms with Crippen LogP contribution in [0.1, 0.15) is 52.7 Å². The summed E-state index contributed by atoms with van der Waals surface area (Å²) in [5, 5.41) is 0. The summed E-state index contributed by atoms with van der Waals surface area (Å²) in [5.74, 6) is 1.61. The Labute approximate surface area is 302 Å². The average Bonchev–Trinajstić information content (AvgIpc) is 3.14. The summed E-state index contributed by atoms with van der Waals surface area (Å²) in [7, 11) is 0. The lowest BCUT2D eigenvalue weighted by atomic mass is 9.33. The van der Waals surface area contributed by atoms with Gasteiger partial charge in [0, 0.05) is 28.4 Å². The van der Waals surface area contributed by atoms with E-state index < -0.39 is 0 Å². The summed E-state index contributed by atoms with van der Waals surface area (Å²) in [6.45, 7) is 14.8. The number of ether oxygens (including phenoxy) is 2. The van der Waals surface area contributed by atoms with Crippen LogP contribution in [0.4, 0.5) is 34.1 Å². The van der Waals surface area contributed by atoms with Crippen molar-refractivity contribution >= 4 is 57.2 Å². The quantitative estimate of drug-likeness (QED) is 0.175. The molecule has 3 aliphatic rings. The Morgan fingerprint density at radius 3 is 1.80 bits per heavy atom. The van der Waals surface area contributed by atoms with Gasteiger partial charge in [-0.05, 0) is 98.0 Å². The standard InChI is InChI=1S/C46H43BN2O2/c1-45(2,3)32-17-20-35(21-18-32)48-38-23-19-33(46(4,5)6)29-37(38)47-36-22-24-41-44(51-26-25-50-41)43(36)49(34-15-11-8-12-16-34)40-28-31(27-39(48)42(40)47)30-13-9-7-10-14-30/h7-24,27-29H,25-26H2,1-6H3. The van der Waals surface area contributed by atoms with Crippen LogP contribution < -0.4 is 35.7 Å². The van der Waals surface area contributed by atoms with Gasteiger partial charge in [0.15, 0.2) is 11.5 Å². The number of hydrogen-bond acceptors (Lipinski definition) is 4. The predicted octanol–water partition coefficient (Wildman–Crippen LogP) is 9.80. The third kappa shape index (κ3) is 5.13. The van der Waals surface area contributed by atoms with E-state index in [2.05, 4.69) is 179 Å². The zero-order valence-corrected chi connectivity index (χ0v) is 30.3. The summed E-state index contributed by atoms with van der Waals surface area (Å²) in [5.41, 5.74) is 15.7. The maximum Gasteiger partial charge on any atom is 0.252 e. The van der Waals surface area contributed by atoms with E-state index in [1.807, 2.05) is 0 Å². The molecule has 252 valence electrons. The Bertz CT molecular complexity index is 2290. The average molecular weight is 667 g/mol. The SMILES string of the molecule is CC(C)(C)c1ccc(N2c3ccc(C(C)(C)C)cc3B3c4ccc5c(c4N(c4ccccc4)c4cc(-c6ccccc6)cc2c43)OCCO5)cc1. The number of fused-ring (bicyclic) bond motifs is 6. The Morgan fingerprint density at radius 2 is 1.12 bits per heavy atom. The van der Waals surface area contributed by atoms with Crippen molar-refractivity contribution in [1.82, 2.24) is 0 Å². The molecule has 3 aliphatic heterocycles. The molecule has 0 amide bonds. The molecule has 0 saturated carbocycles. The molecule has 0 saturated heterocycles. The molecule has 0 aliphatic carbocycles. The Balaban J connectivity index is 1.41. The van der Waals surface area contributed by atoms with Gasteiger partial charge in [-0.15, -0.1) is 0 Å². The highest BCUT2D eigenvalue weighted by Crippen LogP contribution is 2.51. The van der Waals surface area contributed by atoms with Gasteiger partial charge in [0.2, 0.25) is 0 Å².